The number of fused-ring (bicyclic) bond motifs is 5. The van der Waals surface area contributed by atoms with Crippen LogP contribution in [0.25, 0.3) is 0 Å². The normalized spacial score (nSPS) is 47.9. The van der Waals surface area contributed by atoms with E-state index in [9.17, 15) is 14.7 Å². The first kappa shape index (κ1) is 9.33. The third-order valence-corrected chi connectivity index (χ3v) is 4.44. The number of carbonyl (C=O) groups is 2. The second kappa shape index (κ2) is 2.82. The van der Waals surface area contributed by atoms with Crippen molar-refractivity contribution in [2.45, 2.75) is 25.9 Å². The lowest BCUT2D eigenvalue weighted by molar-refractivity contribution is -0.141. The van der Waals surface area contributed by atoms with E-state index in [-0.39, 0.29) is 35.5 Å². The fraction of sp³-hybridized carbons (Fsp3) is 0.818. The van der Waals surface area contributed by atoms with Gasteiger partial charge in [-0.05, 0) is 31.6 Å². The van der Waals surface area contributed by atoms with Crippen LogP contribution in [-0.2, 0) is 9.59 Å². The van der Waals surface area contributed by atoms with E-state index in [0.29, 0.717) is 6.54 Å². The quantitative estimate of drug-likeness (QED) is 0.619. The molecule has 3 fully saturated rings. The van der Waals surface area contributed by atoms with Gasteiger partial charge in [-0.25, -0.2) is 0 Å². The second-order valence-electron chi connectivity index (χ2n) is 4.87. The van der Waals surface area contributed by atoms with Crippen molar-refractivity contribution in [2.75, 3.05) is 6.54 Å². The maximum Gasteiger partial charge on any atom is 0.233 e. The van der Waals surface area contributed by atoms with Crippen LogP contribution in [0.5, 0.6) is 0 Å². The molecular weight excluding hydrogens is 194 g/mol. The maximum absolute atomic E-state index is 12.0. The van der Waals surface area contributed by atoms with Crippen LogP contribution in [0, 0.1) is 23.7 Å². The molecule has 0 aromatic heterocycles. The number of hydrogen-bond acceptors (Lipinski definition) is 3. The molecule has 0 aromatic rings. The highest BCUT2D eigenvalue weighted by Crippen LogP contribution is 2.56. The molecule has 1 N–H and O–H groups in total. The molecule has 4 nitrogen and oxygen atoms in total. The van der Waals surface area contributed by atoms with E-state index in [0.717, 1.165) is 12.8 Å². The molecule has 3 aliphatic rings. The summed E-state index contributed by atoms with van der Waals surface area (Å²) in [7, 11) is 0. The first-order chi connectivity index (χ1) is 7.16. The smallest absolute Gasteiger partial charge is 0.233 e. The first-order valence-corrected chi connectivity index (χ1v) is 5.70. The van der Waals surface area contributed by atoms with Gasteiger partial charge >= 0.3 is 0 Å². The molecule has 3 rings (SSSR count). The van der Waals surface area contributed by atoms with Crippen LogP contribution in [0.15, 0.2) is 0 Å². The fourth-order valence-corrected chi connectivity index (χ4v) is 3.81. The lowest BCUT2D eigenvalue weighted by Gasteiger charge is -2.18. The Morgan fingerprint density at radius 3 is 2.07 bits per heavy atom. The molecule has 1 aliphatic heterocycles. The summed E-state index contributed by atoms with van der Waals surface area (Å²) in [6.07, 6.45) is 1.40. The van der Waals surface area contributed by atoms with Crippen LogP contribution in [-0.4, -0.2) is 34.5 Å². The third kappa shape index (κ3) is 0.911. The van der Waals surface area contributed by atoms with Gasteiger partial charge in [-0.2, -0.15) is 0 Å². The molecule has 0 spiro atoms. The minimum atomic E-state index is -0.410. The zero-order chi connectivity index (χ0) is 10.7. The number of likely N-dealkylation sites (tertiary alicyclic amines) is 1. The van der Waals surface area contributed by atoms with E-state index < -0.39 is 6.10 Å². The van der Waals surface area contributed by atoms with Crippen LogP contribution in [0.2, 0.25) is 0 Å². The van der Waals surface area contributed by atoms with Crippen LogP contribution in [0.1, 0.15) is 19.8 Å². The van der Waals surface area contributed by atoms with Gasteiger partial charge in [0.15, 0.2) is 0 Å². The Morgan fingerprint density at radius 2 is 1.67 bits per heavy atom. The van der Waals surface area contributed by atoms with Crippen molar-refractivity contribution in [3.63, 3.8) is 0 Å². The van der Waals surface area contributed by atoms with Gasteiger partial charge in [0.05, 0.1) is 17.9 Å². The number of imide groups is 1. The number of carbonyl (C=O) groups excluding carboxylic acids is 2. The molecular formula is C11H15NO3. The van der Waals surface area contributed by atoms with Crippen LogP contribution in [0.3, 0.4) is 0 Å². The summed E-state index contributed by atoms with van der Waals surface area (Å²) < 4.78 is 0. The number of nitrogens with zero attached hydrogens (tertiary/aromatic N) is 1. The van der Waals surface area contributed by atoms with E-state index in [4.69, 9.17) is 0 Å². The van der Waals surface area contributed by atoms with Gasteiger partial charge in [0, 0.05) is 6.54 Å². The average molecular weight is 209 g/mol. The lowest BCUT2D eigenvalue weighted by Crippen LogP contribution is -2.34. The average Bonchev–Trinajstić information content (AvgIpc) is 2.79. The SMILES string of the molecule is CCN1C(=O)C2C3CCC(C3O)C2C1=O. The number of hydrogen-bond donors (Lipinski definition) is 1. The van der Waals surface area contributed by atoms with Gasteiger partial charge < -0.3 is 5.11 Å². The molecule has 82 valence electrons. The number of aliphatic hydroxyl groups excluding tert-OH is 1. The third-order valence-electron chi connectivity index (χ3n) is 4.44. The predicted octanol–water partition coefficient (Wildman–Crippen LogP) is 0.00820. The number of rotatable bonds is 1. The van der Waals surface area contributed by atoms with Crippen molar-refractivity contribution < 1.29 is 14.7 Å². The van der Waals surface area contributed by atoms with Crippen molar-refractivity contribution in [3.05, 3.63) is 0 Å². The molecule has 2 saturated carbocycles. The predicted molar refractivity (Wildman–Crippen MR) is 51.6 cm³/mol. The minimum absolute atomic E-state index is 0.0428. The summed E-state index contributed by atoms with van der Waals surface area (Å²) in [6, 6.07) is 0. The van der Waals surface area contributed by atoms with E-state index in [1.165, 1.54) is 4.90 Å². The highest BCUT2D eigenvalue weighted by molar-refractivity contribution is 6.06. The summed E-state index contributed by atoms with van der Waals surface area (Å²) in [6.45, 7) is 2.30. The first-order valence-electron chi connectivity index (χ1n) is 5.70. The van der Waals surface area contributed by atoms with Crippen molar-refractivity contribution >= 4 is 11.8 Å². The summed E-state index contributed by atoms with van der Waals surface area (Å²) in [4.78, 5) is 25.3. The topological polar surface area (TPSA) is 57.6 Å². The van der Waals surface area contributed by atoms with E-state index >= 15 is 0 Å². The molecule has 0 aromatic carbocycles. The van der Waals surface area contributed by atoms with E-state index in [1.807, 2.05) is 6.92 Å². The minimum Gasteiger partial charge on any atom is -0.392 e. The zero-order valence-electron chi connectivity index (χ0n) is 8.72. The zero-order valence-corrected chi connectivity index (χ0v) is 8.72. The van der Waals surface area contributed by atoms with Crippen molar-refractivity contribution in [1.82, 2.24) is 4.90 Å². The molecule has 15 heavy (non-hydrogen) atoms. The Kier molecular flexibility index (Phi) is 1.75. The Hall–Kier alpha value is -0.900. The maximum atomic E-state index is 12.0. The van der Waals surface area contributed by atoms with Crippen LogP contribution in [0.4, 0.5) is 0 Å². The Balaban J connectivity index is 2.00. The molecule has 4 heteroatoms. The molecule has 4 atom stereocenters. The highest BCUT2D eigenvalue weighted by atomic mass is 16.3. The molecule has 2 amide bonds. The van der Waals surface area contributed by atoms with Gasteiger partial charge in [0.2, 0.25) is 11.8 Å². The highest BCUT2D eigenvalue weighted by Gasteiger charge is 2.64. The van der Waals surface area contributed by atoms with Crippen molar-refractivity contribution in [1.29, 1.82) is 0 Å². The largest absolute Gasteiger partial charge is 0.392 e. The number of aliphatic hydroxyl groups is 1. The Morgan fingerprint density at radius 1 is 1.20 bits per heavy atom. The number of amides is 2. The fourth-order valence-electron chi connectivity index (χ4n) is 3.81. The Labute approximate surface area is 88.2 Å². The van der Waals surface area contributed by atoms with Gasteiger partial charge in [0.25, 0.3) is 0 Å². The van der Waals surface area contributed by atoms with Crippen molar-refractivity contribution in [2.24, 2.45) is 23.7 Å². The van der Waals surface area contributed by atoms with Gasteiger partial charge in [-0.15, -0.1) is 0 Å². The lowest BCUT2D eigenvalue weighted by atomic mass is 9.81. The molecule has 0 radical (unpaired) electrons. The second-order valence-corrected chi connectivity index (χ2v) is 4.87. The van der Waals surface area contributed by atoms with Crippen LogP contribution < -0.4 is 0 Å². The monoisotopic (exact) mass is 209 g/mol. The molecule has 2 aliphatic carbocycles. The molecule has 2 bridgehead atoms. The molecule has 1 heterocycles. The molecule has 1 saturated heterocycles. The van der Waals surface area contributed by atoms with Crippen LogP contribution >= 0.6 is 0 Å². The standard InChI is InChI=1S/C11H15NO3/c1-2-12-10(14)7-5-3-4-6(9(5)13)8(7)11(12)15/h5-9,13H,2-4H2,1H3. The van der Waals surface area contributed by atoms with E-state index in [2.05, 4.69) is 0 Å². The Bertz CT molecular complexity index is 311. The van der Waals surface area contributed by atoms with E-state index in [1.54, 1.807) is 0 Å². The van der Waals surface area contributed by atoms with Gasteiger partial charge in [0.1, 0.15) is 0 Å². The van der Waals surface area contributed by atoms with Gasteiger partial charge in [-0.1, -0.05) is 0 Å². The van der Waals surface area contributed by atoms with Gasteiger partial charge in [-0.3, -0.25) is 14.5 Å². The summed E-state index contributed by atoms with van der Waals surface area (Å²) in [5, 5.41) is 9.91. The molecule has 4 unspecified atom stereocenters. The summed E-state index contributed by atoms with van der Waals surface area (Å²) in [5.74, 6) is -0.393. The van der Waals surface area contributed by atoms with Crippen molar-refractivity contribution in [3.8, 4) is 0 Å². The summed E-state index contributed by atoms with van der Waals surface area (Å²) >= 11 is 0. The summed E-state index contributed by atoms with van der Waals surface area (Å²) in [5.41, 5.74) is 0.